The molecule has 1 saturated heterocycles. The Morgan fingerprint density at radius 2 is 2.15 bits per heavy atom. The first-order chi connectivity index (χ1) is 12.8. The fourth-order valence-corrected chi connectivity index (χ4v) is 4.05. The van der Waals surface area contributed by atoms with E-state index in [0.717, 1.165) is 30.5 Å². The molecule has 4 rings (SSSR count). The smallest absolute Gasteiger partial charge is 0.150 e. The van der Waals surface area contributed by atoms with Crippen LogP contribution in [0.25, 0.3) is 0 Å². The lowest BCUT2D eigenvalue weighted by molar-refractivity contribution is 0.198. The van der Waals surface area contributed by atoms with Crippen LogP contribution in [0, 0.1) is 6.92 Å². The van der Waals surface area contributed by atoms with Crippen molar-refractivity contribution in [2.75, 3.05) is 18.4 Å². The van der Waals surface area contributed by atoms with E-state index in [4.69, 9.17) is 0 Å². The molecule has 0 aliphatic carbocycles. The fourth-order valence-electron chi connectivity index (χ4n) is 3.45. The molecule has 1 N–H and O–H groups in total. The van der Waals surface area contributed by atoms with Gasteiger partial charge in [-0.2, -0.15) is 0 Å². The molecule has 1 aliphatic rings. The average molecular weight is 366 g/mol. The van der Waals surface area contributed by atoms with Gasteiger partial charge in [0.1, 0.15) is 11.6 Å². The number of hydrogen-bond donors (Lipinski definition) is 1. The number of piperidine rings is 1. The second-order valence-corrected chi connectivity index (χ2v) is 7.68. The van der Waals surface area contributed by atoms with Crippen LogP contribution in [-0.4, -0.2) is 37.9 Å². The van der Waals surface area contributed by atoms with E-state index in [9.17, 15) is 0 Å². The number of nitrogens with zero attached hydrogens (tertiary/aromatic N) is 5. The third kappa shape index (κ3) is 4.23. The van der Waals surface area contributed by atoms with Gasteiger partial charge < -0.3 is 5.32 Å². The third-order valence-corrected chi connectivity index (χ3v) is 5.45. The van der Waals surface area contributed by atoms with Crippen LogP contribution in [-0.2, 0) is 6.54 Å². The maximum absolute atomic E-state index is 4.61. The molecule has 4 heterocycles. The van der Waals surface area contributed by atoms with E-state index in [-0.39, 0.29) is 0 Å². The highest BCUT2D eigenvalue weighted by Gasteiger charge is 2.22. The minimum Gasteiger partial charge on any atom is -0.324 e. The Morgan fingerprint density at radius 1 is 1.23 bits per heavy atom. The van der Waals surface area contributed by atoms with Crippen molar-refractivity contribution in [3.8, 4) is 0 Å². The van der Waals surface area contributed by atoms with Gasteiger partial charge in [0, 0.05) is 37.1 Å². The van der Waals surface area contributed by atoms with Crippen molar-refractivity contribution < 1.29 is 0 Å². The quantitative estimate of drug-likeness (QED) is 0.742. The topological polar surface area (TPSA) is 66.8 Å². The van der Waals surface area contributed by atoms with E-state index in [2.05, 4.69) is 54.6 Å². The Balaban J connectivity index is 1.44. The first-order valence-corrected chi connectivity index (χ1v) is 9.76. The second-order valence-electron chi connectivity index (χ2n) is 6.62. The molecule has 0 radical (unpaired) electrons. The summed E-state index contributed by atoms with van der Waals surface area (Å²) in [6, 6.07) is 4.26. The average Bonchev–Trinajstić information content (AvgIpc) is 3.08. The van der Waals surface area contributed by atoms with Crippen molar-refractivity contribution in [2.24, 2.45) is 0 Å². The van der Waals surface area contributed by atoms with Gasteiger partial charge >= 0.3 is 0 Å². The maximum atomic E-state index is 4.61. The molecular weight excluding hydrogens is 344 g/mol. The Labute approximate surface area is 157 Å². The molecule has 0 spiro atoms. The maximum Gasteiger partial charge on any atom is 0.150 e. The molecule has 1 aliphatic heterocycles. The Kier molecular flexibility index (Phi) is 5.17. The SMILES string of the molecule is Cc1nc(CN2CCCC(c3ccnc(Nc4cnccn4)c3)C2)cs1. The lowest BCUT2D eigenvalue weighted by Gasteiger charge is -2.32. The van der Waals surface area contributed by atoms with E-state index in [1.165, 1.54) is 24.1 Å². The van der Waals surface area contributed by atoms with Crippen LogP contribution in [0.5, 0.6) is 0 Å². The molecule has 3 aromatic rings. The largest absolute Gasteiger partial charge is 0.324 e. The van der Waals surface area contributed by atoms with Crippen LogP contribution in [0.1, 0.15) is 35.0 Å². The van der Waals surface area contributed by atoms with Gasteiger partial charge in [-0.05, 0) is 49.9 Å². The van der Waals surface area contributed by atoms with Gasteiger partial charge in [0.15, 0.2) is 0 Å². The third-order valence-electron chi connectivity index (χ3n) is 4.63. The number of likely N-dealkylation sites (tertiary alicyclic amines) is 1. The molecular formula is C19H22N6S. The van der Waals surface area contributed by atoms with E-state index in [0.29, 0.717) is 11.7 Å². The summed E-state index contributed by atoms with van der Waals surface area (Å²) in [5, 5.41) is 6.55. The summed E-state index contributed by atoms with van der Waals surface area (Å²) in [7, 11) is 0. The molecule has 3 aromatic heterocycles. The fraction of sp³-hybridized carbons (Fsp3) is 0.368. The molecule has 134 valence electrons. The van der Waals surface area contributed by atoms with Crippen LogP contribution in [0.2, 0.25) is 0 Å². The Bertz CT molecular complexity index is 850. The highest BCUT2D eigenvalue weighted by atomic mass is 32.1. The molecule has 26 heavy (non-hydrogen) atoms. The molecule has 7 heteroatoms. The van der Waals surface area contributed by atoms with Gasteiger partial charge in [0.2, 0.25) is 0 Å². The summed E-state index contributed by atoms with van der Waals surface area (Å²) in [6.45, 7) is 5.21. The molecule has 1 atom stereocenters. The van der Waals surface area contributed by atoms with Crippen molar-refractivity contribution in [3.63, 3.8) is 0 Å². The summed E-state index contributed by atoms with van der Waals surface area (Å²) >= 11 is 1.73. The number of anilines is 2. The van der Waals surface area contributed by atoms with Gasteiger partial charge in [-0.3, -0.25) is 9.88 Å². The summed E-state index contributed by atoms with van der Waals surface area (Å²) in [5.41, 5.74) is 2.51. The number of rotatable bonds is 5. The van der Waals surface area contributed by atoms with Crippen LogP contribution in [0.3, 0.4) is 0 Å². The van der Waals surface area contributed by atoms with Crippen LogP contribution in [0.4, 0.5) is 11.6 Å². The lowest BCUT2D eigenvalue weighted by Crippen LogP contribution is -2.34. The minimum atomic E-state index is 0.522. The predicted molar refractivity (Wildman–Crippen MR) is 104 cm³/mol. The standard InChI is InChI=1S/C19H22N6S/c1-14-23-17(13-26-14)12-25-8-2-3-16(11-25)15-4-5-21-18(9-15)24-19-10-20-6-7-22-19/h4-7,9-10,13,16H,2-3,8,11-12H2,1H3,(H,21,22,24). The van der Waals surface area contributed by atoms with Crippen LogP contribution < -0.4 is 5.32 Å². The van der Waals surface area contributed by atoms with Gasteiger partial charge in [-0.1, -0.05) is 0 Å². The second kappa shape index (κ2) is 7.88. The molecule has 0 saturated carbocycles. The summed E-state index contributed by atoms with van der Waals surface area (Å²) in [6.07, 6.45) is 9.33. The Hall–Kier alpha value is -2.38. The summed E-state index contributed by atoms with van der Waals surface area (Å²) in [5.74, 6) is 2.05. The van der Waals surface area contributed by atoms with Crippen molar-refractivity contribution >= 4 is 23.0 Å². The highest BCUT2D eigenvalue weighted by molar-refractivity contribution is 7.09. The normalized spacial score (nSPS) is 18.0. The number of thiazole rings is 1. The Morgan fingerprint density at radius 3 is 2.96 bits per heavy atom. The molecule has 6 nitrogen and oxygen atoms in total. The zero-order valence-electron chi connectivity index (χ0n) is 14.8. The van der Waals surface area contributed by atoms with Crippen molar-refractivity contribution in [1.82, 2.24) is 24.8 Å². The number of nitrogens with one attached hydrogen (secondary N) is 1. The first kappa shape index (κ1) is 17.1. The van der Waals surface area contributed by atoms with E-state index < -0.39 is 0 Å². The van der Waals surface area contributed by atoms with E-state index >= 15 is 0 Å². The molecule has 1 unspecified atom stereocenters. The van der Waals surface area contributed by atoms with Crippen molar-refractivity contribution in [2.45, 2.75) is 32.2 Å². The monoisotopic (exact) mass is 366 g/mol. The first-order valence-electron chi connectivity index (χ1n) is 8.88. The highest BCUT2D eigenvalue weighted by Crippen LogP contribution is 2.29. The zero-order valence-corrected chi connectivity index (χ0v) is 15.6. The van der Waals surface area contributed by atoms with E-state index in [1.54, 1.807) is 29.9 Å². The van der Waals surface area contributed by atoms with Crippen LogP contribution >= 0.6 is 11.3 Å². The van der Waals surface area contributed by atoms with Crippen molar-refractivity contribution in [3.05, 3.63) is 58.6 Å². The van der Waals surface area contributed by atoms with Gasteiger partial charge in [-0.25, -0.2) is 15.0 Å². The van der Waals surface area contributed by atoms with E-state index in [1.807, 2.05) is 6.20 Å². The molecule has 1 fully saturated rings. The molecule has 0 aromatic carbocycles. The lowest BCUT2D eigenvalue weighted by atomic mass is 9.91. The summed E-state index contributed by atoms with van der Waals surface area (Å²) in [4.78, 5) is 19.9. The number of pyridine rings is 1. The minimum absolute atomic E-state index is 0.522. The number of aromatic nitrogens is 4. The molecule has 0 amide bonds. The van der Waals surface area contributed by atoms with Crippen molar-refractivity contribution in [1.29, 1.82) is 0 Å². The number of hydrogen-bond acceptors (Lipinski definition) is 7. The molecule has 0 bridgehead atoms. The van der Waals surface area contributed by atoms with Gasteiger partial charge in [0.25, 0.3) is 0 Å². The predicted octanol–water partition coefficient (Wildman–Crippen LogP) is 3.76. The zero-order chi connectivity index (χ0) is 17.8. The number of aryl methyl sites for hydroxylation is 1. The van der Waals surface area contributed by atoms with Crippen LogP contribution in [0.15, 0.2) is 42.3 Å². The van der Waals surface area contributed by atoms with Gasteiger partial charge in [0.05, 0.1) is 16.9 Å². The van der Waals surface area contributed by atoms with Gasteiger partial charge in [-0.15, -0.1) is 11.3 Å². The summed E-state index contributed by atoms with van der Waals surface area (Å²) < 4.78 is 0.